The molecule has 3 rings (SSSR count). The van der Waals surface area contributed by atoms with Gasteiger partial charge >= 0.3 is 0 Å². The van der Waals surface area contributed by atoms with Crippen LogP contribution < -0.4 is 5.32 Å². The second-order valence-electron chi connectivity index (χ2n) is 4.55. The van der Waals surface area contributed by atoms with Gasteiger partial charge in [0.15, 0.2) is 0 Å². The summed E-state index contributed by atoms with van der Waals surface area (Å²) in [5, 5.41) is 3.43. The van der Waals surface area contributed by atoms with Crippen LogP contribution in [0.5, 0.6) is 0 Å². The quantitative estimate of drug-likeness (QED) is 0.733. The molecule has 0 atom stereocenters. The lowest BCUT2D eigenvalue weighted by atomic mass is 9.87. The first-order valence-corrected chi connectivity index (χ1v) is 5.94. The van der Waals surface area contributed by atoms with Crippen LogP contribution in [-0.4, -0.2) is 13.1 Å². The summed E-state index contributed by atoms with van der Waals surface area (Å²) in [6, 6.07) is 8.87. The lowest BCUT2D eigenvalue weighted by Gasteiger charge is -2.24. The van der Waals surface area contributed by atoms with E-state index in [-0.39, 0.29) is 0 Å². The number of allylic oxidation sites excluding steroid dienone is 2. The molecule has 15 heavy (non-hydrogen) atoms. The Kier molecular flexibility index (Phi) is 2.34. The summed E-state index contributed by atoms with van der Waals surface area (Å²) in [7, 11) is 0. The number of piperidine rings is 1. The van der Waals surface area contributed by atoms with Crippen LogP contribution in [0.1, 0.15) is 24.0 Å². The van der Waals surface area contributed by atoms with Crippen molar-refractivity contribution in [3.05, 3.63) is 41.5 Å². The van der Waals surface area contributed by atoms with E-state index in [4.69, 9.17) is 0 Å². The number of fused-ring (bicyclic) bond motifs is 1. The first-order valence-electron chi connectivity index (χ1n) is 5.94. The molecule has 0 aromatic heterocycles. The Morgan fingerprint density at radius 3 is 2.73 bits per heavy atom. The third kappa shape index (κ3) is 1.61. The van der Waals surface area contributed by atoms with Crippen LogP contribution in [0.15, 0.2) is 30.3 Å². The van der Waals surface area contributed by atoms with E-state index < -0.39 is 0 Å². The highest BCUT2D eigenvalue weighted by Gasteiger charge is 2.22. The van der Waals surface area contributed by atoms with E-state index in [1.807, 2.05) is 0 Å². The average Bonchev–Trinajstić information content (AvgIpc) is 2.74. The predicted molar refractivity (Wildman–Crippen MR) is 63.7 cm³/mol. The molecule has 1 saturated heterocycles. The van der Waals surface area contributed by atoms with E-state index in [1.165, 1.54) is 37.1 Å². The van der Waals surface area contributed by atoms with Crippen molar-refractivity contribution in [3.8, 4) is 0 Å². The van der Waals surface area contributed by atoms with Crippen molar-refractivity contribution in [1.29, 1.82) is 0 Å². The normalized spacial score (nSPS) is 21.2. The minimum Gasteiger partial charge on any atom is -0.317 e. The van der Waals surface area contributed by atoms with Gasteiger partial charge in [-0.1, -0.05) is 30.3 Å². The smallest absolute Gasteiger partial charge is 0.00431 e. The standard InChI is InChI=1S/C14H17N/c1-2-4-13-11(3-1)5-6-14(13)12-7-9-15-10-8-12/h1-4,6,12,15H,5,7-10H2. The van der Waals surface area contributed by atoms with Gasteiger partial charge in [-0.2, -0.15) is 0 Å². The molecule has 1 aliphatic carbocycles. The minimum absolute atomic E-state index is 0.801. The van der Waals surface area contributed by atoms with E-state index in [9.17, 15) is 0 Å². The molecule has 1 heterocycles. The Hall–Kier alpha value is -1.08. The van der Waals surface area contributed by atoms with Crippen LogP contribution in [0.3, 0.4) is 0 Å². The molecule has 1 N–H and O–H groups in total. The Morgan fingerprint density at radius 2 is 1.87 bits per heavy atom. The van der Waals surface area contributed by atoms with Crippen molar-refractivity contribution in [2.45, 2.75) is 19.3 Å². The zero-order valence-corrected chi connectivity index (χ0v) is 9.00. The van der Waals surface area contributed by atoms with Crippen LogP contribution >= 0.6 is 0 Å². The Labute approximate surface area is 91.2 Å². The molecule has 1 aliphatic heterocycles. The lowest BCUT2D eigenvalue weighted by molar-refractivity contribution is 0.447. The van der Waals surface area contributed by atoms with Gasteiger partial charge in [0.1, 0.15) is 0 Å². The zero-order chi connectivity index (χ0) is 10.1. The van der Waals surface area contributed by atoms with Gasteiger partial charge in [-0.25, -0.2) is 0 Å². The Morgan fingerprint density at radius 1 is 1.07 bits per heavy atom. The second-order valence-corrected chi connectivity index (χ2v) is 4.55. The highest BCUT2D eigenvalue weighted by atomic mass is 14.9. The first kappa shape index (κ1) is 9.17. The molecule has 0 unspecified atom stereocenters. The van der Waals surface area contributed by atoms with Crippen molar-refractivity contribution in [3.63, 3.8) is 0 Å². The predicted octanol–water partition coefficient (Wildman–Crippen LogP) is 2.63. The molecule has 1 aromatic carbocycles. The van der Waals surface area contributed by atoms with Crippen LogP contribution in [0.25, 0.3) is 5.57 Å². The van der Waals surface area contributed by atoms with E-state index in [2.05, 4.69) is 35.7 Å². The molecule has 0 bridgehead atoms. The van der Waals surface area contributed by atoms with Crippen LogP contribution in [-0.2, 0) is 6.42 Å². The van der Waals surface area contributed by atoms with Gasteiger partial charge in [0.05, 0.1) is 0 Å². The van der Waals surface area contributed by atoms with Gasteiger partial charge < -0.3 is 5.32 Å². The maximum Gasteiger partial charge on any atom is -0.00431 e. The molecule has 0 saturated carbocycles. The van der Waals surface area contributed by atoms with E-state index in [0.717, 1.165) is 12.3 Å². The third-order valence-electron chi connectivity index (χ3n) is 3.65. The van der Waals surface area contributed by atoms with Crippen molar-refractivity contribution >= 4 is 5.57 Å². The summed E-state index contributed by atoms with van der Waals surface area (Å²) in [6.07, 6.45) is 6.20. The molecule has 1 fully saturated rings. The summed E-state index contributed by atoms with van der Waals surface area (Å²) < 4.78 is 0. The van der Waals surface area contributed by atoms with Gasteiger partial charge in [-0.05, 0) is 55.0 Å². The molecule has 1 heteroatoms. The molecule has 1 aromatic rings. The van der Waals surface area contributed by atoms with Crippen LogP contribution in [0, 0.1) is 5.92 Å². The maximum absolute atomic E-state index is 3.43. The first-order chi connectivity index (χ1) is 7.45. The van der Waals surface area contributed by atoms with Crippen LogP contribution in [0.2, 0.25) is 0 Å². The molecule has 0 amide bonds. The van der Waals surface area contributed by atoms with Crippen molar-refractivity contribution in [2.75, 3.05) is 13.1 Å². The molecule has 78 valence electrons. The third-order valence-corrected chi connectivity index (χ3v) is 3.65. The number of hydrogen-bond donors (Lipinski definition) is 1. The number of rotatable bonds is 1. The monoisotopic (exact) mass is 199 g/mol. The highest BCUT2D eigenvalue weighted by Crippen LogP contribution is 2.36. The highest BCUT2D eigenvalue weighted by molar-refractivity contribution is 5.74. The molecule has 0 radical (unpaired) electrons. The summed E-state index contributed by atoms with van der Waals surface area (Å²) in [4.78, 5) is 0. The van der Waals surface area contributed by atoms with Gasteiger partial charge in [0, 0.05) is 0 Å². The summed E-state index contributed by atoms with van der Waals surface area (Å²) in [5.74, 6) is 0.801. The van der Waals surface area contributed by atoms with Gasteiger partial charge in [-0.3, -0.25) is 0 Å². The molecular formula is C14H17N. The van der Waals surface area contributed by atoms with Gasteiger partial charge in [0.2, 0.25) is 0 Å². The number of hydrogen-bond acceptors (Lipinski definition) is 1. The fourth-order valence-corrected chi connectivity index (χ4v) is 2.83. The fourth-order valence-electron chi connectivity index (χ4n) is 2.83. The zero-order valence-electron chi connectivity index (χ0n) is 9.00. The molecule has 1 nitrogen and oxygen atoms in total. The van der Waals surface area contributed by atoms with Crippen molar-refractivity contribution in [1.82, 2.24) is 5.32 Å². The number of nitrogens with one attached hydrogen (secondary N) is 1. The SMILES string of the molecule is C1=C(C2CCNCC2)c2ccccc2C1. The van der Waals surface area contributed by atoms with Crippen LogP contribution in [0.4, 0.5) is 0 Å². The average molecular weight is 199 g/mol. The number of benzene rings is 1. The molecule has 0 spiro atoms. The summed E-state index contributed by atoms with van der Waals surface area (Å²) in [6.45, 7) is 2.37. The summed E-state index contributed by atoms with van der Waals surface area (Å²) in [5.41, 5.74) is 4.66. The van der Waals surface area contributed by atoms with Gasteiger partial charge in [-0.15, -0.1) is 0 Å². The Bertz CT molecular complexity index is 386. The topological polar surface area (TPSA) is 12.0 Å². The van der Waals surface area contributed by atoms with Gasteiger partial charge in [0.25, 0.3) is 0 Å². The summed E-state index contributed by atoms with van der Waals surface area (Å²) >= 11 is 0. The van der Waals surface area contributed by atoms with E-state index >= 15 is 0 Å². The fraction of sp³-hybridized carbons (Fsp3) is 0.429. The molecular weight excluding hydrogens is 182 g/mol. The minimum atomic E-state index is 0.801. The van der Waals surface area contributed by atoms with E-state index in [1.54, 1.807) is 5.57 Å². The molecule has 2 aliphatic rings. The largest absolute Gasteiger partial charge is 0.317 e. The van der Waals surface area contributed by atoms with Crippen molar-refractivity contribution in [2.24, 2.45) is 5.92 Å². The second kappa shape index (κ2) is 3.82. The van der Waals surface area contributed by atoms with Crippen molar-refractivity contribution < 1.29 is 0 Å². The van der Waals surface area contributed by atoms with E-state index in [0.29, 0.717) is 0 Å². The lowest BCUT2D eigenvalue weighted by Crippen LogP contribution is -2.28. The Balaban J connectivity index is 1.89. The maximum atomic E-state index is 3.43.